The summed E-state index contributed by atoms with van der Waals surface area (Å²) in [5.41, 5.74) is 7.11. The maximum Gasteiger partial charge on any atom is 0.352 e. The summed E-state index contributed by atoms with van der Waals surface area (Å²) in [7, 11) is 3.05. The number of amides is 2. The number of nitrogen functional groups attached to an aromatic ring is 1. The summed E-state index contributed by atoms with van der Waals surface area (Å²) in [6.07, 6.45) is 0. The van der Waals surface area contributed by atoms with Crippen molar-refractivity contribution in [3.05, 3.63) is 52.7 Å². The minimum Gasteiger partial charge on any atom is -0.477 e. The van der Waals surface area contributed by atoms with E-state index in [1.54, 1.807) is 17.1 Å². The molecule has 1 saturated heterocycles. The van der Waals surface area contributed by atoms with Crippen molar-refractivity contribution in [2.24, 2.45) is 12.2 Å². The zero-order valence-corrected chi connectivity index (χ0v) is 23.0. The van der Waals surface area contributed by atoms with Crippen molar-refractivity contribution in [2.75, 3.05) is 24.3 Å². The van der Waals surface area contributed by atoms with Crippen LogP contribution in [0.25, 0.3) is 11.4 Å². The van der Waals surface area contributed by atoms with Crippen LogP contribution >= 0.6 is 34.9 Å². The van der Waals surface area contributed by atoms with Crippen molar-refractivity contribution >= 4 is 63.5 Å². The number of carbonyl (C=O) groups is 3. The van der Waals surface area contributed by atoms with E-state index in [2.05, 4.69) is 25.5 Å². The topological polar surface area (TPSA) is 178 Å². The molecule has 1 fully saturated rings. The van der Waals surface area contributed by atoms with Gasteiger partial charge in [0.15, 0.2) is 21.8 Å². The van der Waals surface area contributed by atoms with Crippen LogP contribution in [0.1, 0.15) is 5.69 Å². The molecule has 16 heteroatoms. The standard InChI is InChI=1S/C23H22N8O5S3/c1-30-23(27-17(28-30)11-6-4-3-5-7-11)39-9-12-8-37-20-15(19(33)31(20)16(12)21(34)35)26-18(32)14(29-36-2)13-10-38-22(24)25-13/h3-7,10,15,20H,8-9H2,1-2H3,(H2,24,25)(H,26,32)(H,34,35)/b29-14-/t15-,20-/m1/s1. The van der Waals surface area contributed by atoms with E-state index in [-0.39, 0.29) is 22.2 Å². The normalized spacial score (nSPS) is 19.0. The first kappa shape index (κ1) is 26.7. The monoisotopic (exact) mass is 586 g/mol. The Hall–Kier alpha value is -3.89. The third-order valence-electron chi connectivity index (χ3n) is 5.83. The number of thioether (sulfide) groups is 2. The number of carbonyl (C=O) groups excluding carboxylic acids is 2. The lowest BCUT2D eigenvalue weighted by atomic mass is 10.0. The smallest absolute Gasteiger partial charge is 0.352 e. The molecule has 5 rings (SSSR count). The number of thiazole rings is 1. The minimum atomic E-state index is -1.21. The number of aromatic nitrogens is 4. The van der Waals surface area contributed by atoms with E-state index in [1.807, 2.05) is 30.3 Å². The Morgan fingerprint density at radius 3 is 2.74 bits per heavy atom. The van der Waals surface area contributed by atoms with Crippen LogP contribution < -0.4 is 11.1 Å². The highest BCUT2D eigenvalue weighted by atomic mass is 32.2. The number of carboxylic acid groups (broad SMARTS) is 1. The number of carboxylic acids is 1. The van der Waals surface area contributed by atoms with Gasteiger partial charge in [0.05, 0.1) is 0 Å². The van der Waals surface area contributed by atoms with Crippen molar-refractivity contribution in [3.63, 3.8) is 0 Å². The van der Waals surface area contributed by atoms with Gasteiger partial charge in [-0.15, -0.1) is 23.1 Å². The summed E-state index contributed by atoms with van der Waals surface area (Å²) < 4.78 is 1.64. The second-order valence-corrected chi connectivity index (χ2v) is 11.2. The van der Waals surface area contributed by atoms with Gasteiger partial charge >= 0.3 is 5.97 Å². The lowest BCUT2D eigenvalue weighted by Gasteiger charge is -2.49. The summed E-state index contributed by atoms with van der Waals surface area (Å²) >= 11 is 3.84. The van der Waals surface area contributed by atoms with E-state index in [9.17, 15) is 19.5 Å². The molecule has 0 radical (unpaired) electrons. The van der Waals surface area contributed by atoms with Gasteiger partial charge < -0.3 is 21.0 Å². The molecule has 2 atom stereocenters. The Bertz CT molecular complexity index is 1500. The van der Waals surface area contributed by atoms with Gasteiger partial charge in [-0.3, -0.25) is 14.5 Å². The number of β-lactam (4-membered cyclic amide) rings is 1. The SMILES string of the molecule is CO/N=C(\C(=O)N[C@@H]1C(=O)N2C(C(=O)O)=C(CSc3nc(-c4ccccc4)nn3C)CS[C@H]12)c1csc(N)n1. The molecule has 4 N–H and O–H groups in total. The van der Waals surface area contributed by atoms with Gasteiger partial charge in [0.1, 0.15) is 29.9 Å². The maximum absolute atomic E-state index is 13.1. The first-order valence-corrected chi connectivity index (χ1v) is 14.3. The zero-order chi connectivity index (χ0) is 27.7. The van der Waals surface area contributed by atoms with Crippen LogP contribution in [0, 0.1) is 0 Å². The molecule has 0 unspecified atom stereocenters. The fourth-order valence-corrected chi connectivity index (χ4v) is 7.00. The highest BCUT2D eigenvalue weighted by Crippen LogP contribution is 2.41. The first-order valence-electron chi connectivity index (χ1n) is 11.4. The van der Waals surface area contributed by atoms with Crippen LogP contribution in [0.3, 0.4) is 0 Å². The molecule has 39 heavy (non-hydrogen) atoms. The molecule has 2 aromatic heterocycles. The van der Waals surface area contributed by atoms with Crippen LogP contribution in [-0.4, -0.2) is 83.3 Å². The summed E-state index contributed by atoms with van der Waals surface area (Å²) in [5.74, 6) is -1.19. The number of rotatable bonds is 9. The van der Waals surface area contributed by atoms with Crippen molar-refractivity contribution in [1.29, 1.82) is 0 Å². The zero-order valence-electron chi connectivity index (χ0n) is 20.6. The summed E-state index contributed by atoms with van der Waals surface area (Å²) in [6, 6.07) is 8.60. The number of benzene rings is 1. The Balaban J connectivity index is 1.30. The number of nitrogens with one attached hydrogen (secondary N) is 1. The number of aryl methyl sites for hydroxylation is 1. The predicted molar refractivity (Wildman–Crippen MR) is 147 cm³/mol. The molecule has 13 nitrogen and oxygen atoms in total. The highest BCUT2D eigenvalue weighted by Gasteiger charge is 2.54. The largest absolute Gasteiger partial charge is 0.477 e. The Morgan fingerprint density at radius 1 is 1.31 bits per heavy atom. The van der Waals surface area contributed by atoms with E-state index in [4.69, 9.17) is 10.6 Å². The van der Waals surface area contributed by atoms with Crippen LogP contribution in [0.2, 0.25) is 0 Å². The number of hydrogen-bond donors (Lipinski definition) is 3. The van der Waals surface area contributed by atoms with Crippen molar-refractivity contribution in [1.82, 2.24) is 30.0 Å². The molecule has 3 aromatic rings. The lowest BCUT2D eigenvalue weighted by Crippen LogP contribution is -2.71. The molecule has 202 valence electrons. The van der Waals surface area contributed by atoms with E-state index in [1.165, 1.54) is 35.5 Å². The van der Waals surface area contributed by atoms with Gasteiger partial charge in [0, 0.05) is 29.5 Å². The lowest BCUT2D eigenvalue weighted by molar-refractivity contribution is -0.150. The number of anilines is 1. The quantitative estimate of drug-likeness (QED) is 0.143. The molecule has 0 aliphatic carbocycles. The van der Waals surface area contributed by atoms with Crippen molar-refractivity contribution in [2.45, 2.75) is 16.6 Å². The van der Waals surface area contributed by atoms with Crippen LogP contribution in [0.15, 0.2) is 57.3 Å². The molecule has 2 aliphatic rings. The van der Waals surface area contributed by atoms with Gasteiger partial charge in [0.2, 0.25) is 0 Å². The molecule has 1 aromatic carbocycles. The molecular weight excluding hydrogens is 565 g/mol. The fraction of sp³-hybridized carbons (Fsp3) is 0.261. The van der Waals surface area contributed by atoms with E-state index in [0.29, 0.717) is 28.1 Å². The van der Waals surface area contributed by atoms with Crippen molar-refractivity contribution < 1.29 is 24.3 Å². The summed E-state index contributed by atoms with van der Waals surface area (Å²) in [4.78, 5) is 52.8. The highest BCUT2D eigenvalue weighted by molar-refractivity contribution is 8.01. The molecule has 0 spiro atoms. The Labute approximate surface area is 234 Å². The second-order valence-electron chi connectivity index (χ2n) is 8.31. The summed E-state index contributed by atoms with van der Waals surface area (Å²) in [5, 5.41) is 22.6. The van der Waals surface area contributed by atoms with Crippen LogP contribution in [0.5, 0.6) is 0 Å². The Kier molecular flexibility index (Phi) is 7.58. The number of oxime groups is 1. The number of hydrogen-bond acceptors (Lipinski definition) is 12. The first-order chi connectivity index (χ1) is 18.8. The molecule has 0 saturated carbocycles. The third kappa shape index (κ3) is 5.22. The molecule has 4 heterocycles. The molecular formula is C23H22N8O5S3. The van der Waals surface area contributed by atoms with Gasteiger partial charge in [-0.05, 0) is 5.57 Å². The average Bonchev–Trinajstić information content (AvgIpc) is 3.53. The molecule has 2 aliphatic heterocycles. The van der Waals surface area contributed by atoms with Gasteiger partial charge in [-0.25, -0.2) is 19.4 Å². The average molecular weight is 587 g/mol. The van der Waals surface area contributed by atoms with Crippen LogP contribution in [-0.2, 0) is 26.3 Å². The molecule has 0 bridgehead atoms. The number of nitrogens with zero attached hydrogens (tertiary/aromatic N) is 6. The van der Waals surface area contributed by atoms with Crippen molar-refractivity contribution in [3.8, 4) is 11.4 Å². The van der Waals surface area contributed by atoms with E-state index >= 15 is 0 Å². The number of aliphatic carboxylic acids is 1. The van der Waals surface area contributed by atoms with E-state index < -0.39 is 29.2 Å². The summed E-state index contributed by atoms with van der Waals surface area (Å²) in [6.45, 7) is 0. The predicted octanol–water partition coefficient (Wildman–Crippen LogP) is 1.40. The molecule has 2 amide bonds. The van der Waals surface area contributed by atoms with E-state index in [0.717, 1.165) is 16.9 Å². The number of nitrogens with two attached hydrogens (primary N) is 1. The van der Waals surface area contributed by atoms with Gasteiger partial charge in [-0.2, -0.15) is 5.10 Å². The van der Waals surface area contributed by atoms with Crippen LogP contribution in [0.4, 0.5) is 5.13 Å². The number of fused-ring (bicyclic) bond motifs is 1. The second kappa shape index (κ2) is 11.1. The third-order valence-corrected chi connectivity index (χ3v) is 8.95. The fourth-order valence-electron chi connectivity index (χ4n) is 4.05. The van der Waals surface area contributed by atoms with Gasteiger partial charge in [-0.1, -0.05) is 47.2 Å². The Morgan fingerprint density at radius 2 is 2.08 bits per heavy atom. The maximum atomic E-state index is 13.1. The van der Waals surface area contributed by atoms with Gasteiger partial charge in [0.25, 0.3) is 11.8 Å². The minimum absolute atomic E-state index is 0.0785.